The van der Waals surface area contributed by atoms with Crippen molar-refractivity contribution in [3.63, 3.8) is 0 Å². The molecule has 5 unspecified atom stereocenters. The van der Waals surface area contributed by atoms with Crippen LogP contribution in [0.1, 0.15) is 13.3 Å². The minimum absolute atomic E-state index is 0.179. The van der Waals surface area contributed by atoms with Crippen LogP contribution in [0.25, 0.3) is 0 Å². The number of Topliss-reactive ketones (excluding diaryl/α,β-unsaturated/α-hetero) is 1. The summed E-state index contributed by atoms with van der Waals surface area (Å²) in [5.74, 6) is -0.286. The van der Waals surface area contributed by atoms with E-state index in [1.54, 1.807) is 0 Å². The SMILES string of the molecule is CC(=O)CC1OC(CO)[C@@H](O[C@@H]2OC(CO)[C@H](O)[C@H](O)C2O)[C@H](O)C1O. The van der Waals surface area contributed by atoms with Crippen LogP contribution in [-0.4, -0.2) is 116 Å². The quantitative estimate of drug-likeness (QED) is 0.235. The maximum absolute atomic E-state index is 11.2. The summed E-state index contributed by atoms with van der Waals surface area (Å²) in [6.07, 6.45) is -14.6. The van der Waals surface area contributed by atoms with Gasteiger partial charge in [-0.3, -0.25) is 4.79 Å². The van der Waals surface area contributed by atoms with Crippen molar-refractivity contribution >= 4 is 5.78 Å². The van der Waals surface area contributed by atoms with Crippen LogP contribution in [0.5, 0.6) is 0 Å². The number of aliphatic hydroxyl groups excluding tert-OH is 7. The van der Waals surface area contributed by atoms with Crippen molar-refractivity contribution in [3.8, 4) is 0 Å². The van der Waals surface area contributed by atoms with Crippen molar-refractivity contribution in [2.24, 2.45) is 0 Å². The summed E-state index contributed by atoms with van der Waals surface area (Å²) in [5.41, 5.74) is 0. The molecular weight excluding hydrogens is 356 g/mol. The molecule has 0 spiro atoms. The first-order chi connectivity index (χ1) is 12.2. The number of ketones is 1. The van der Waals surface area contributed by atoms with Crippen LogP contribution in [0.15, 0.2) is 0 Å². The van der Waals surface area contributed by atoms with Crippen LogP contribution in [0, 0.1) is 0 Å². The van der Waals surface area contributed by atoms with Gasteiger partial charge >= 0.3 is 0 Å². The summed E-state index contributed by atoms with van der Waals surface area (Å²) in [7, 11) is 0. The molecule has 152 valence electrons. The summed E-state index contributed by atoms with van der Waals surface area (Å²) in [4.78, 5) is 11.2. The van der Waals surface area contributed by atoms with Gasteiger partial charge in [0, 0.05) is 6.42 Å². The lowest BCUT2D eigenvalue weighted by Gasteiger charge is -2.46. The Bertz CT molecular complexity index is 471. The van der Waals surface area contributed by atoms with Gasteiger partial charge in [-0.1, -0.05) is 0 Å². The maximum Gasteiger partial charge on any atom is 0.187 e. The number of rotatable bonds is 6. The fourth-order valence-electron chi connectivity index (χ4n) is 3.12. The second kappa shape index (κ2) is 8.97. The predicted molar refractivity (Wildman–Crippen MR) is 81.7 cm³/mol. The van der Waals surface area contributed by atoms with Crippen molar-refractivity contribution in [2.45, 2.75) is 74.6 Å². The van der Waals surface area contributed by atoms with Gasteiger partial charge < -0.3 is 50.0 Å². The van der Waals surface area contributed by atoms with Crippen molar-refractivity contribution in [1.29, 1.82) is 0 Å². The number of hydrogen-bond acceptors (Lipinski definition) is 11. The van der Waals surface area contributed by atoms with E-state index in [2.05, 4.69) is 0 Å². The van der Waals surface area contributed by atoms with Crippen LogP contribution in [-0.2, 0) is 19.0 Å². The highest BCUT2D eigenvalue weighted by atomic mass is 16.7. The van der Waals surface area contributed by atoms with Gasteiger partial charge in [-0.15, -0.1) is 0 Å². The third kappa shape index (κ3) is 4.39. The molecule has 0 radical (unpaired) electrons. The molecule has 26 heavy (non-hydrogen) atoms. The zero-order valence-corrected chi connectivity index (χ0v) is 14.2. The van der Waals surface area contributed by atoms with Gasteiger partial charge in [0.05, 0.1) is 19.3 Å². The first-order valence-corrected chi connectivity index (χ1v) is 8.29. The molecule has 0 aromatic rings. The Labute approximate surface area is 149 Å². The number of hydrogen-bond donors (Lipinski definition) is 7. The van der Waals surface area contributed by atoms with Crippen LogP contribution >= 0.6 is 0 Å². The molecule has 11 nitrogen and oxygen atoms in total. The third-order valence-corrected chi connectivity index (χ3v) is 4.59. The molecule has 0 aromatic carbocycles. The summed E-state index contributed by atoms with van der Waals surface area (Å²) < 4.78 is 16.0. The van der Waals surface area contributed by atoms with Crippen LogP contribution in [0.2, 0.25) is 0 Å². The molecule has 2 rings (SSSR count). The average molecular weight is 382 g/mol. The molecule has 0 amide bonds. The number of aliphatic hydroxyl groups is 7. The van der Waals surface area contributed by atoms with E-state index in [0.29, 0.717) is 0 Å². The van der Waals surface area contributed by atoms with E-state index in [0.717, 1.165) is 0 Å². The van der Waals surface area contributed by atoms with Gasteiger partial charge in [0.2, 0.25) is 0 Å². The van der Waals surface area contributed by atoms with Crippen LogP contribution in [0.4, 0.5) is 0 Å². The highest BCUT2D eigenvalue weighted by molar-refractivity contribution is 5.76. The molecule has 0 aromatic heterocycles. The van der Waals surface area contributed by atoms with Crippen molar-refractivity contribution < 1.29 is 54.8 Å². The Morgan fingerprint density at radius 1 is 0.808 bits per heavy atom. The van der Waals surface area contributed by atoms with E-state index in [9.17, 15) is 40.5 Å². The average Bonchev–Trinajstić information content (AvgIpc) is 2.60. The molecule has 10 atom stereocenters. The molecule has 7 N–H and O–H groups in total. The highest BCUT2D eigenvalue weighted by Crippen LogP contribution is 2.30. The van der Waals surface area contributed by atoms with Gasteiger partial charge in [-0.25, -0.2) is 0 Å². The second-order valence-corrected chi connectivity index (χ2v) is 6.58. The minimum atomic E-state index is -1.72. The molecule has 0 aliphatic carbocycles. The standard InChI is InChI=1S/C15H26O11/c1-5(18)2-6-9(19)12(22)14(8(4-17)24-6)26-15-13(23)11(21)10(20)7(3-16)25-15/h6-17,19-23H,2-4H2,1H3/t6?,7?,8?,9?,10-,11-,12+,13?,14+,15-/m0/s1. The maximum atomic E-state index is 11.2. The second-order valence-electron chi connectivity index (χ2n) is 6.58. The van der Waals surface area contributed by atoms with Gasteiger partial charge in [-0.2, -0.15) is 0 Å². The normalized spacial score (nSPS) is 46.9. The Balaban J connectivity index is 2.12. The van der Waals surface area contributed by atoms with E-state index >= 15 is 0 Å². The number of carbonyl (C=O) groups excluding carboxylic acids is 1. The van der Waals surface area contributed by atoms with Crippen molar-refractivity contribution in [3.05, 3.63) is 0 Å². The first-order valence-electron chi connectivity index (χ1n) is 8.29. The fraction of sp³-hybridized carbons (Fsp3) is 0.933. The number of ether oxygens (including phenoxy) is 3. The van der Waals surface area contributed by atoms with Crippen LogP contribution < -0.4 is 0 Å². The smallest absolute Gasteiger partial charge is 0.187 e. The highest BCUT2D eigenvalue weighted by Gasteiger charge is 2.50. The van der Waals surface area contributed by atoms with Crippen LogP contribution in [0.3, 0.4) is 0 Å². The van der Waals surface area contributed by atoms with E-state index in [-0.39, 0.29) is 12.2 Å². The largest absolute Gasteiger partial charge is 0.394 e. The molecule has 2 saturated heterocycles. The van der Waals surface area contributed by atoms with E-state index in [1.807, 2.05) is 0 Å². The zero-order chi connectivity index (χ0) is 19.6. The van der Waals surface area contributed by atoms with Crippen molar-refractivity contribution in [1.82, 2.24) is 0 Å². The monoisotopic (exact) mass is 382 g/mol. The van der Waals surface area contributed by atoms with Gasteiger partial charge in [0.25, 0.3) is 0 Å². The lowest BCUT2D eigenvalue weighted by molar-refractivity contribution is -0.341. The molecule has 2 fully saturated rings. The summed E-state index contributed by atoms with van der Waals surface area (Å²) >= 11 is 0. The molecule has 2 heterocycles. The molecule has 0 bridgehead atoms. The molecule has 2 aliphatic heterocycles. The molecule has 0 saturated carbocycles. The topological polar surface area (TPSA) is 186 Å². The molecule has 11 heteroatoms. The predicted octanol–water partition coefficient (Wildman–Crippen LogP) is -4.37. The van der Waals surface area contributed by atoms with Gasteiger partial charge in [-0.05, 0) is 6.92 Å². The summed E-state index contributed by atoms with van der Waals surface area (Å²) in [5, 5.41) is 68.6. The van der Waals surface area contributed by atoms with E-state index < -0.39 is 74.4 Å². The Kier molecular flexibility index (Phi) is 7.44. The van der Waals surface area contributed by atoms with Gasteiger partial charge in [0.1, 0.15) is 54.6 Å². The minimum Gasteiger partial charge on any atom is -0.394 e. The van der Waals surface area contributed by atoms with Crippen molar-refractivity contribution in [2.75, 3.05) is 13.2 Å². The molecular formula is C15H26O11. The Morgan fingerprint density at radius 3 is 1.92 bits per heavy atom. The summed E-state index contributed by atoms with van der Waals surface area (Å²) in [6, 6.07) is 0. The third-order valence-electron chi connectivity index (χ3n) is 4.59. The lowest BCUT2D eigenvalue weighted by Crippen LogP contribution is -2.64. The fourth-order valence-corrected chi connectivity index (χ4v) is 3.12. The number of carbonyl (C=O) groups is 1. The zero-order valence-electron chi connectivity index (χ0n) is 14.2. The Hall–Kier alpha value is -0.730. The summed E-state index contributed by atoms with van der Waals surface area (Å²) in [6.45, 7) is -0.00546. The van der Waals surface area contributed by atoms with E-state index in [1.165, 1.54) is 6.92 Å². The Morgan fingerprint density at radius 2 is 1.38 bits per heavy atom. The first kappa shape index (κ1) is 21.6. The molecule has 2 aliphatic rings. The van der Waals surface area contributed by atoms with E-state index in [4.69, 9.17) is 14.2 Å². The lowest BCUT2D eigenvalue weighted by atomic mass is 9.92. The van der Waals surface area contributed by atoms with Gasteiger partial charge in [0.15, 0.2) is 6.29 Å².